The van der Waals surface area contributed by atoms with Crippen LogP contribution in [0.5, 0.6) is 0 Å². The van der Waals surface area contributed by atoms with Crippen molar-refractivity contribution in [3.05, 3.63) is 17.3 Å². The summed E-state index contributed by atoms with van der Waals surface area (Å²) in [5, 5.41) is 10.0. The zero-order valence-corrected chi connectivity index (χ0v) is 13.6. The van der Waals surface area contributed by atoms with Crippen molar-refractivity contribution in [2.75, 3.05) is 26.4 Å². The van der Waals surface area contributed by atoms with Gasteiger partial charge in [0, 0.05) is 18.8 Å². The minimum absolute atomic E-state index is 0.0360. The fourth-order valence-electron chi connectivity index (χ4n) is 2.17. The molecule has 1 unspecified atom stereocenters. The number of imidazole rings is 1. The van der Waals surface area contributed by atoms with Crippen molar-refractivity contribution >= 4 is 40.5 Å². The van der Waals surface area contributed by atoms with Crippen LogP contribution in [0.3, 0.4) is 0 Å². The smallest absolute Gasteiger partial charge is 0.313 e. The molecule has 0 aliphatic carbocycles. The van der Waals surface area contributed by atoms with Crippen LogP contribution in [0.1, 0.15) is 13.0 Å². The van der Waals surface area contributed by atoms with Gasteiger partial charge in [0.25, 0.3) is 0 Å². The molecule has 2 heterocycles. The number of carbonyl (C=O) groups is 1. The number of pyridine rings is 1. The van der Waals surface area contributed by atoms with Crippen LogP contribution in [-0.2, 0) is 4.79 Å². The highest BCUT2D eigenvalue weighted by atomic mass is 35.5. The zero-order chi connectivity index (χ0) is 15.6. The predicted octanol–water partition coefficient (Wildman–Crippen LogP) is 2.38. The predicted molar refractivity (Wildman–Crippen MR) is 84.2 cm³/mol. The van der Waals surface area contributed by atoms with E-state index in [0.717, 1.165) is 12.2 Å². The molecule has 0 saturated carbocycles. The number of carboxylic acid groups (broad SMARTS) is 1. The second-order valence-electron chi connectivity index (χ2n) is 5.05. The first-order chi connectivity index (χ1) is 9.88. The molecule has 6 nitrogen and oxygen atoms in total. The fraction of sp³-hybridized carbons (Fsp3) is 0.462. The third-order valence-electron chi connectivity index (χ3n) is 2.86. The number of hydrogen-bond acceptors (Lipinski definition) is 5. The van der Waals surface area contributed by atoms with Gasteiger partial charge in [-0.3, -0.25) is 9.36 Å². The number of likely N-dealkylation sites (N-methyl/N-ethyl adjacent to an activating group) is 1. The van der Waals surface area contributed by atoms with Crippen molar-refractivity contribution in [3.8, 4) is 0 Å². The van der Waals surface area contributed by atoms with Crippen molar-refractivity contribution in [2.45, 2.75) is 18.1 Å². The molecule has 8 heteroatoms. The molecule has 0 saturated heterocycles. The Balaban J connectivity index is 2.46. The maximum atomic E-state index is 10.8. The second kappa shape index (κ2) is 6.64. The molecule has 0 aliphatic heterocycles. The maximum Gasteiger partial charge on any atom is 0.313 e. The zero-order valence-electron chi connectivity index (χ0n) is 12.1. The van der Waals surface area contributed by atoms with E-state index in [1.807, 2.05) is 18.7 Å². The summed E-state index contributed by atoms with van der Waals surface area (Å²) in [6, 6.07) is 1.86. The number of thioether (sulfide) groups is 1. The molecule has 0 aromatic carbocycles. The highest BCUT2D eigenvalue weighted by Crippen LogP contribution is 2.28. The van der Waals surface area contributed by atoms with E-state index in [2.05, 4.69) is 21.8 Å². The monoisotopic (exact) mass is 328 g/mol. The Kier molecular flexibility index (Phi) is 5.08. The summed E-state index contributed by atoms with van der Waals surface area (Å²) in [4.78, 5) is 21.7. The number of nitrogens with zero attached hydrogens (tertiary/aromatic N) is 4. The van der Waals surface area contributed by atoms with Gasteiger partial charge in [0.05, 0.1) is 10.8 Å². The first kappa shape index (κ1) is 16.1. The molecular formula is C13H17ClN4O2S. The molecule has 2 rings (SSSR count). The van der Waals surface area contributed by atoms with Crippen molar-refractivity contribution in [1.82, 2.24) is 19.4 Å². The van der Waals surface area contributed by atoms with Gasteiger partial charge in [-0.05, 0) is 27.1 Å². The fourth-order valence-corrected chi connectivity index (χ4v) is 3.15. The molecule has 0 aliphatic rings. The lowest BCUT2D eigenvalue weighted by molar-refractivity contribution is -0.133. The van der Waals surface area contributed by atoms with Crippen LogP contribution in [0.2, 0.25) is 5.02 Å². The average Bonchev–Trinajstić information content (AvgIpc) is 2.72. The molecule has 0 radical (unpaired) electrons. The van der Waals surface area contributed by atoms with Gasteiger partial charge in [0.1, 0.15) is 5.52 Å². The lowest BCUT2D eigenvalue weighted by Gasteiger charge is -2.20. The summed E-state index contributed by atoms with van der Waals surface area (Å²) in [5.74, 6) is -0.906. The first-order valence-corrected chi connectivity index (χ1v) is 7.77. The lowest BCUT2D eigenvalue weighted by atomic mass is 10.3. The van der Waals surface area contributed by atoms with Gasteiger partial charge >= 0.3 is 5.97 Å². The van der Waals surface area contributed by atoms with Gasteiger partial charge in [-0.15, -0.1) is 0 Å². The van der Waals surface area contributed by atoms with E-state index >= 15 is 0 Å². The summed E-state index contributed by atoms with van der Waals surface area (Å²) in [5.41, 5.74) is 1.41. The van der Waals surface area contributed by atoms with Crippen LogP contribution in [0.25, 0.3) is 11.2 Å². The van der Waals surface area contributed by atoms with Gasteiger partial charge in [0.2, 0.25) is 0 Å². The molecule has 0 spiro atoms. The number of rotatable bonds is 6. The molecule has 2 aromatic rings. The van der Waals surface area contributed by atoms with Crippen LogP contribution in [0.15, 0.2) is 17.4 Å². The van der Waals surface area contributed by atoms with E-state index in [1.165, 1.54) is 11.8 Å². The van der Waals surface area contributed by atoms with E-state index in [9.17, 15) is 4.79 Å². The van der Waals surface area contributed by atoms with Crippen LogP contribution in [0, 0.1) is 0 Å². The largest absolute Gasteiger partial charge is 0.481 e. The SMILES string of the molecule is CC(CN(C)C)n1c(SCC(=O)O)nc2cc(Cl)cnc21. The summed E-state index contributed by atoms with van der Waals surface area (Å²) in [6.07, 6.45) is 1.58. The summed E-state index contributed by atoms with van der Waals surface area (Å²) < 4.78 is 1.97. The lowest BCUT2D eigenvalue weighted by Crippen LogP contribution is -2.23. The quantitative estimate of drug-likeness (QED) is 0.821. The number of carboxylic acids is 1. The number of halogens is 1. The standard InChI is InChI=1S/C13H17ClN4O2S/c1-8(6-17(2)3)18-12-10(4-9(14)5-15-12)16-13(18)21-7-11(19)20/h4-5,8H,6-7H2,1-3H3,(H,19,20). The molecule has 0 bridgehead atoms. The normalized spacial score (nSPS) is 13.0. The van der Waals surface area contributed by atoms with Crippen molar-refractivity contribution in [3.63, 3.8) is 0 Å². The third kappa shape index (κ3) is 3.87. The minimum Gasteiger partial charge on any atom is -0.481 e. The Morgan fingerprint density at radius 2 is 2.29 bits per heavy atom. The van der Waals surface area contributed by atoms with Crippen LogP contribution < -0.4 is 0 Å². The first-order valence-electron chi connectivity index (χ1n) is 6.41. The average molecular weight is 329 g/mol. The minimum atomic E-state index is -0.870. The Bertz CT molecular complexity index is 659. The molecule has 114 valence electrons. The van der Waals surface area contributed by atoms with E-state index in [-0.39, 0.29) is 11.8 Å². The van der Waals surface area contributed by atoms with Crippen molar-refractivity contribution < 1.29 is 9.90 Å². The highest BCUT2D eigenvalue weighted by Gasteiger charge is 2.19. The molecule has 1 atom stereocenters. The van der Waals surface area contributed by atoms with Crippen molar-refractivity contribution in [2.24, 2.45) is 0 Å². The van der Waals surface area contributed by atoms with E-state index < -0.39 is 5.97 Å². The topological polar surface area (TPSA) is 71.2 Å². The van der Waals surface area contributed by atoms with E-state index in [4.69, 9.17) is 16.7 Å². The highest BCUT2D eigenvalue weighted by molar-refractivity contribution is 7.99. The van der Waals surface area contributed by atoms with Gasteiger partial charge < -0.3 is 10.0 Å². The Morgan fingerprint density at radius 1 is 1.57 bits per heavy atom. The second-order valence-corrected chi connectivity index (χ2v) is 6.43. The van der Waals surface area contributed by atoms with Gasteiger partial charge in [0.15, 0.2) is 10.8 Å². The van der Waals surface area contributed by atoms with Crippen LogP contribution >= 0.6 is 23.4 Å². The number of fused-ring (bicyclic) bond motifs is 1. The van der Waals surface area contributed by atoms with Crippen molar-refractivity contribution in [1.29, 1.82) is 0 Å². The van der Waals surface area contributed by atoms with Crippen LogP contribution in [-0.4, -0.2) is 56.9 Å². The Labute approximate surface area is 132 Å². The van der Waals surface area contributed by atoms with Gasteiger partial charge in [-0.1, -0.05) is 23.4 Å². The van der Waals surface area contributed by atoms with E-state index in [0.29, 0.717) is 15.7 Å². The summed E-state index contributed by atoms with van der Waals surface area (Å²) in [7, 11) is 3.98. The van der Waals surface area contributed by atoms with E-state index in [1.54, 1.807) is 12.3 Å². The number of aromatic nitrogens is 3. The number of aliphatic carboxylic acids is 1. The molecule has 1 N–H and O–H groups in total. The molecule has 21 heavy (non-hydrogen) atoms. The summed E-state index contributed by atoms with van der Waals surface area (Å²) in [6.45, 7) is 2.86. The third-order valence-corrected chi connectivity index (χ3v) is 4.00. The molecular weight excluding hydrogens is 312 g/mol. The number of hydrogen-bond donors (Lipinski definition) is 1. The molecule has 0 fully saturated rings. The Morgan fingerprint density at radius 3 is 2.90 bits per heavy atom. The Hall–Kier alpha value is -1.31. The van der Waals surface area contributed by atoms with Gasteiger partial charge in [-0.2, -0.15) is 0 Å². The van der Waals surface area contributed by atoms with Gasteiger partial charge in [-0.25, -0.2) is 9.97 Å². The maximum absolute atomic E-state index is 10.8. The van der Waals surface area contributed by atoms with Crippen LogP contribution in [0.4, 0.5) is 0 Å². The molecule has 0 amide bonds. The molecule has 2 aromatic heterocycles. The summed E-state index contributed by atoms with van der Waals surface area (Å²) >= 11 is 7.14.